The molecule has 25 heavy (non-hydrogen) atoms. The molecule has 1 N–H and O–H groups in total. The van der Waals surface area contributed by atoms with E-state index in [2.05, 4.69) is 22.3 Å². The number of rotatable bonds is 7. The number of amides is 1. The van der Waals surface area contributed by atoms with Crippen LogP contribution in [0, 0.1) is 6.92 Å². The number of ether oxygens (including phenoxy) is 1. The van der Waals surface area contributed by atoms with Crippen LogP contribution in [0.1, 0.15) is 47.2 Å². The van der Waals surface area contributed by atoms with E-state index in [9.17, 15) is 4.79 Å². The fourth-order valence-corrected chi connectivity index (χ4v) is 3.00. The molecule has 1 aliphatic rings. The lowest BCUT2D eigenvalue weighted by molar-refractivity contribution is 0.0116. The Labute approximate surface area is 147 Å². The number of morpholine rings is 1. The van der Waals surface area contributed by atoms with Crippen LogP contribution in [0.3, 0.4) is 0 Å². The Bertz CT molecular complexity index is 688. The van der Waals surface area contributed by atoms with Crippen LogP contribution in [0.2, 0.25) is 0 Å². The fourth-order valence-electron chi connectivity index (χ4n) is 3.00. The minimum absolute atomic E-state index is 0.0245. The number of hydrogen-bond donors (Lipinski definition) is 1. The highest BCUT2D eigenvalue weighted by Gasteiger charge is 2.26. The second-order valence-corrected chi connectivity index (χ2v) is 6.25. The average molecular weight is 347 g/mol. The van der Waals surface area contributed by atoms with E-state index >= 15 is 0 Å². The summed E-state index contributed by atoms with van der Waals surface area (Å²) in [5, 5.41) is 6.81. The first-order valence-electron chi connectivity index (χ1n) is 8.79. The van der Waals surface area contributed by atoms with Gasteiger partial charge in [-0.05, 0) is 25.5 Å². The molecule has 0 bridgehead atoms. The molecule has 3 rings (SSSR count). The Morgan fingerprint density at radius 2 is 2.16 bits per heavy atom. The summed E-state index contributed by atoms with van der Waals surface area (Å²) in [6.45, 7) is 7.42. The van der Waals surface area contributed by atoms with Gasteiger partial charge in [0.15, 0.2) is 5.69 Å². The van der Waals surface area contributed by atoms with Gasteiger partial charge in [0, 0.05) is 32.1 Å². The summed E-state index contributed by atoms with van der Waals surface area (Å²) in [7, 11) is 0. The summed E-state index contributed by atoms with van der Waals surface area (Å²) >= 11 is 0. The van der Waals surface area contributed by atoms with Gasteiger partial charge in [0.05, 0.1) is 19.3 Å². The normalized spacial score (nSPS) is 16.7. The number of carbonyl (C=O) groups is 1. The summed E-state index contributed by atoms with van der Waals surface area (Å²) in [5.74, 6) is 2.22. The summed E-state index contributed by atoms with van der Waals surface area (Å²) in [4.78, 5) is 14.6. The lowest BCUT2D eigenvalue weighted by Crippen LogP contribution is -2.43. The molecule has 7 nitrogen and oxygen atoms in total. The predicted molar refractivity (Wildman–Crippen MR) is 91.4 cm³/mol. The van der Waals surface area contributed by atoms with Crippen LogP contribution in [-0.4, -0.2) is 48.8 Å². The third-order valence-electron chi connectivity index (χ3n) is 4.32. The van der Waals surface area contributed by atoms with Gasteiger partial charge < -0.3 is 19.0 Å². The van der Waals surface area contributed by atoms with Gasteiger partial charge in [-0.2, -0.15) is 0 Å². The van der Waals surface area contributed by atoms with E-state index in [1.165, 1.54) is 0 Å². The van der Waals surface area contributed by atoms with Crippen molar-refractivity contribution in [3.05, 3.63) is 41.2 Å². The smallest absolute Gasteiger partial charge is 0.273 e. The Hall–Kier alpha value is -2.12. The number of aryl methyl sites for hydroxylation is 2. The van der Waals surface area contributed by atoms with Crippen LogP contribution in [0.25, 0.3) is 0 Å². The summed E-state index contributed by atoms with van der Waals surface area (Å²) < 4.78 is 16.4. The molecular weight excluding hydrogens is 322 g/mol. The number of furan rings is 1. The molecule has 1 fully saturated rings. The van der Waals surface area contributed by atoms with Crippen molar-refractivity contribution in [3.63, 3.8) is 0 Å². The molecule has 2 aromatic heterocycles. The second-order valence-electron chi connectivity index (χ2n) is 6.25. The lowest BCUT2D eigenvalue weighted by atomic mass is 10.1. The molecule has 3 heterocycles. The van der Waals surface area contributed by atoms with Crippen molar-refractivity contribution in [1.29, 1.82) is 0 Å². The van der Waals surface area contributed by atoms with E-state index in [0.717, 1.165) is 43.2 Å². The predicted octanol–water partition coefficient (Wildman–Crippen LogP) is 2.33. The number of hydrogen-bond acceptors (Lipinski definition) is 6. The highest BCUT2D eigenvalue weighted by molar-refractivity contribution is 5.92. The van der Waals surface area contributed by atoms with Gasteiger partial charge in [-0.3, -0.25) is 9.69 Å². The van der Waals surface area contributed by atoms with E-state index in [1.54, 1.807) is 6.07 Å². The minimum Gasteiger partial charge on any atom is -0.465 e. The zero-order valence-corrected chi connectivity index (χ0v) is 14.8. The molecule has 0 saturated carbocycles. The Morgan fingerprint density at radius 1 is 1.36 bits per heavy atom. The molecule has 136 valence electrons. The zero-order chi connectivity index (χ0) is 17.6. The molecule has 1 atom stereocenters. The van der Waals surface area contributed by atoms with Gasteiger partial charge in [0.25, 0.3) is 5.91 Å². The largest absolute Gasteiger partial charge is 0.465 e. The quantitative estimate of drug-likeness (QED) is 0.828. The third kappa shape index (κ3) is 4.49. The third-order valence-corrected chi connectivity index (χ3v) is 4.32. The molecule has 0 spiro atoms. The number of nitrogens with zero attached hydrogens (tertiary/aromatic N) is 2. The number of nitrogens with one attached hydrogen (secondary N) is 1. The van der Waals surface area contributed by atoms with E-state index in [0.29, 0.717) is 25.5 Å². The first-order chi connectivity index (χ1) is 12.2. The first-order valence-corrected chi connectivity index (χ1v) is 8.79. The zero-order valence-electron chi connectivity index (χ0n) is 14.8. The second kappa shape index (κ2) is 8.31. The molecular formula is C18H25N3O4. The van der Waals surface area contributed by atoms with Gasteiger partial charge in [0.1, 0.15) is 17.3 Å². The fraction of sp³-hybridized carbons (Fsp3) is 0.556. The molecule has 0 radical (unpaired) electrons. The first kappa shape index (κ1) is 17.7. The van der Waals surface area contributed by atoms with Crippen LogP contribution in [-0.2, 0) is 11.2 Å². The van der Waals surface area contributed by atoms with E-state index in [1.807, 2.05) is 19.1 Å². The molecule has 7 heteroatoms. The van der Waals surface area contributed by atoms with Crippen LogP contribution < -0.4 is 5.32 Å². The molecule has 1 aliphatic heterocycles. The summed E-state index contributed by atoms with van der Waals surface area (Å²) in [6.07, 6.45) is 1.73. The maximum absolute atomic E-state index is 12.4. The van der Waals surface area contributed by atoms with Crippen molar-refractivity contribution < 1.29 is 18.5 Å². The molecule has 2 aromatic rings. The van der Waals surface area contributed by atoms with Crippen LogP contribution in [0.15, 0.2) is 27.1 Å². The van der Waals surface area contributed by atoms with Gasteiger partial charge >= 0.3 is 0 Å². The monoisotopic (exact) mass is 347 g/mol. The average Bonchev–Trinajstić information content (AvgIpc) is 3.26. The van der Waals surface area contributed by atoms with E-state index in [-0.39, 0.29) is 11.9 Å². The van der Waals surface area contributed by atoms with Gasteiger partial charge in [-0.1, -0.05) is 12.1 Å². The molecule has 0 unspecified atom stereocenters. The summed E-state index contributed by atoms with van der Waals surface area (Å²) in [5.41, 5.74) is 0.319. The molecule has 0 aliphatic carbocycles. The highest BCUT2D eigenvalue weighted by atomic mass is 16.5. The topological polar surface area (TPSA) is 80.7 Å². The Morgan fingerprint density at radius 3 is 2.84 bits per heavy atom. The van der Waals surface area contributed by atoms with Gasteiger partial charge in [0.2, 0.25) is 0 Å². The van der Waals surface area contributed by atoms with Crippen LogP contribution in [0.4, 0.5) is 0 Å². The van der Waals surface area contributed by atoms with Crippen molar-refractivity contribution in [2.75, 3.05) is 32.8 Å². The van der Waals surface area contributed by atoms with Gasteiger partial charge in [-0.15, -0.1) is 0 Å². The van der Waals surface area contributed by atoms with Crippen molar-refractivity contribution in [3.8, 4) is 0 Å². The van der Waals surface area contributed by atoms with Crippen molar-refractivity contribution in [2.24, 2.45) is 0 Å². The minimum atomic E-state index is -0.229. The van der Waals surface area contributed by atoms with E-state index in [4.69, 9.17) is 13.7 Å². The summed E-state index contributed by atoms with van der Waals surface area (Å²) in [6, 6.07) is 5.60. The Kier molecular flexibility index (Phi) is 5.88. The number of carbonyl (C=O) groups excluding carboxylic acids is 1. The van der Waals surface area contributed by atoms with Crippen molar-refractivity contribution in [2.45, 2.75) is 32.7 Å². The van der Waals surface area contributed by atoms with Crippen LogP contribution in [0.5, 0.6) is 0 Å². The lowest BCUT2D eigenvalue weighted by Gasteiger charge is -2.33. The Balaban J connectivity index is 1.66. The standard InChI is InChI=1S/C18H25N3O4/c1-3-4-14-11-15(20-25-14)18(22)19-12-16(17-6-5-13(2)24-17)21-7-9-23-10-8-21/h5-6,11,16H,3-4,7-10,12H2,1-2H3,(H,19,22)/t16-/m1/s1. The van der Waals surface area contributed by atoms with E-state index < -0.39 is 0 Å². The maximum atomic E-state index is 12.4. The molecule has 1 amide bonds. The highest BCUT2D eigenvalue weighted by Crippen LogP contribution is 2.23. The van der Waals surface area contributed by atoms with Gasteiger partial charge in [-0.25, -0.2) is 0 Å². The van der Waals surface area contributed by atoms with Crippen LogP contribution >= 0.6 is 0 Å². The number of aromatic nitrogens is 1. The molecule has 1 saturated heterocycles. The maximum Gasteiger partial charge on any atom is 0.273 e. The van der Waals surface area contributed by atoms with Crippen molar-refractivity contribution >= 4 is 5.91 Å². The van der Waals surface area contributed by atoms with Crippen molar-refractivity contribution in [1.82, 2.24) is 15.4 Å². The SMILES string of the molecule is CCCc1cc(C(=O)NC[C@H](c2ccc(C)o2)N2CCOCC2)no1. The molecule has 0 aromatic carbocycles.